The van der Waals surface area contributed by atoms with Gasteiger partial charge in [-0.3, -0.25) is 4.79 Å². The van der Waals surface area contributed by atoms with Crippen LogP contribution in [0.2, 0.25) is 0 Å². The first-order valence-corrected chi connectivity index (χ1v) is 7.76. The van der Waals surface area contributed by atoms with E-state index in [1.165, 1.54) is 5.56 Å². The smallest absolute Gasteiger partial charge is 0.222 e. The monoisotopic (exact) mass is 299 g/mol. The molecule has 2 fully saturated rings. The first kappa shape index (κ1) is 14.7. The molecule has 0 bridgehead atoms. The molecular weight excluding hydrogens is 278 g/mol. The van der Waals surface area contributed by atoms with Gasteiger partial charge < -0.3 is 14.5 Å². The summed E-state index contributed by atoms with van der Waals surface area (Å²) in [6, 6.07) is 8.09. The van der Waals surface area contributed by atoms with Crippen LogP contribution in [0.5, 0.6) is 5.75 Å². The van der Waals surface area contributed by atoms with E-state index in [2.05, 4.69) is 18.3 Å². The summed E-state index contributed by atoms with van der Waals surface area (Å²) in [5, 5.41) is 8.85. The lowest BCUT2D eigenvalue weighted by Crippen LogP contribution is -2.48. The number of ether oxygens (including phenoxy) is 1. The Morgan fingerprint density at radius 3 is 2.64 bits per heavy atom. The van der Waals surface area contributed by atoms with E-state index in [1.807, 2.05) is 17.0 Å². The summed E-state index contributed by atoms with van der Waals surface area (Å²) in [7, 11) is 1.66. The molecule has 0 radical (unpaired) electrons. The minimum atomic E-state index is 0.231. The van der Waals surface area contributed by atoms with Crippen molar-refractivity contribution in [3.63, 3.8) is 0 Å². The van der Waals surface area contributed by atoms with Crippen molar-refractivity contribution in [2.75, 3.05) is 33.3 Å². The van der Waals surface area contributed by atoms with Crippen LogP contribution in [0.3, 0.4) is 0 Å². The van der Waals surface area contributed by atoms with Crippen molar-refractivity contribution in [3.8, 4) is 11.9 Å². The van der Waals surface area contributed by atoms with E-state index in [-0.39, 0.29) is 5.91 Å². The van der Waals surface area contributed by atoms with Crippen LogP contribution in [0.4, 0.5) is 0 Å². The molecule has 1 unspecified atom stereocenters. The first-order chi connectivity index (χ1) is 10.7. The summed E-state index contributed by atoms with van der Waals surface area (Å²) in [4.78, 5) is 15.9. The molecule has 1 atom stereocenters. The van der Waals surface area contributed by atoms with Crippen LogP contribution >= 0.6 is 0 Å². The van der Waals surface area contributed by atoms with Gasteiger partial charge in [0.1, 0.15) is 5.75 Å². The third kappa shape index (κ3) is 3.01. The SMILES string of the molecule is COc1ccc(C2CN(C(=O)CC3CCN(C#N)C3)C2)cc1. The Hall–Kier alpha value is -2.22. The minimum Gasteiger partial charge on any atom is -0.497 e. The number of rotatable bonds is 4. The van der Waals surface area contributed by atoms with Crippen molar-refractivity contribution in [2.24, 2.45) is 5.92 Å². The fraction of sp³-hybridized carbons (Fsp3) is 0.529. The summed E-state index contributed by atoms with van der Waals surface area (Å²) in [6.45, 7) is 3.14. The number of benzene rings is 1. The van der Waals surface area contributed by atoms with Gasteiger partial charge in [-0.2, -0.15) is 5.26 Å². The Morgan fingerprint density at radius 1 is 1.32 bits per heavy atom. The predicted octanol–water partition coefficient (Wildman–Crippen LogP) is 1.81. The maximum Gasteiger partial charge on any atom is 0.222 e. The Morgan fingerprint density at radius 2 is 2.05 bits per heavy atom. The van der Waals surface area contributed by atoms with Crippen LogP contribution in [0.25, 0.3) is 0 Å². The van der Waals surface area contributed by atoms with Gasteiger partial charge in [0.15, 0.2) is 6.19 Å². The highest BCUT2D eigenvalue weighted by Crippen LogP contribution is 2.30. The number of nitriles is 1. The molecule has 2 heterocycles. The van der Waals surface area contributed by atoms with Gasteiger partial charge in [-0.05, 0) is 30.0 Å². The van der Waals surface area contributed by atoms with Gasteiger partial charge in [0.05, 0.1) is 7.11 Å². The van der Waals surface area contributed by atoms with Gasteiger partial charge >= 0.3 is 0 Å². The summed E-state index contributed by atoms with van der Waals surface area (Å²) >= 11 is 0. The van der Waals surface area contributed by atoms with Crippen LogP contribution < -0.4 is 4.74 Å². The Balaban J connectivity index is 1.46. The number of hydrogen-bond donors (Lipinski definition) is 0. The van der Waals surface area contributed by atoms with E-state index >= 15 is 0 Å². The molecule has 2 aliphatic rings. The Labute approximate surface area is 131 Å². The molecule has 0 N–H and O–H groups in total. The maximum atomic E-state index is 12.3. The van der Waals surface area contributed by atoms with E-state index in [9.17, 15) is 4.79 Å². The highest BCUT2D eigenvalue weighted by Gasteiger charge is 2.33. The Kier molecular flexibility index (Phi) is 4.19. The van der Waals surface area contributed by atoms with Crippen molar-refractivity contribution in [3.05, 3.63) is 29.8 Å². The van der Waals surface area contributed by atoms with Crippen LogP contribution in [0.1, 0.15) is 24.3 Å². The summed E-state index contributed by atoms with van der Waals surface area (Å²) in [6.07, 6.45) is 3.69. The van der Waals surface area contributed by atoms with Crippen LogP contribution in [-0.4, -0.2) is 49.0 Å². The first-order valence-electron chi connectivity index (χ1n) is 7.76. The molecule has 116 valence electrons. The number of methoxy groups -OCH3 is 1. The normalized spacial score (nSPS) is 21.4. The average Bonchev–Trinajstić information content (AvgIpc) is 2.94. The third-order valence-electron chi connectivity index (χ3n) is 4.71. The zero-order valence-corrected chi connectivity index (χ0v) is 12.9. The van der Waals surface area contributed by atoms with Crippen LogP contribution in [0.15, 0.2) is 24.3 Å². The second-order valence-corrected chi connectivity index (χ2v) is 6.17. The zero-order chi connectivity index (χ0) is 15.5. The minimum absolute atomic E-state index is 0.231. The standard InChI is InChI=1S/C17H21N3O2/c1-22-16-4-2-14(3-5-16)15-10-20(11-15)17(21)8-13-6-7-19(9-13)12-18/h2-5,13,15H,6-11H2,1H3. The van der Waals surface area contributed by atoms with E-state index in [0.29, 0.717) is 18.3 Å². The van der Waals surface area contributed by atoms with E-state index < -0.39 is 0 Å². The van der Waals surface area contributed by atoms with Gasteiger partial charge in [0.25, 0.3) is 0 Å². The molecule has 0 saturated carbocycles. The number of carbonyl (C=O) groups excluding carboxylic acids is 1. The van der Waals surface area contributed by atoms with Gasteiger partial charge in [0.2, 0.25) is 5.91 Å². The van der Waals surface area contributed by atoms with Crippen molar-refractivity contribution in [1.29, 1.82) is 5.26 Å². The summed E-state index contributed by atoms with van der Waals surface area (Å²) in [5.74, 6) is 1.87. The molecule has 0 spiro atoms. The van der Waals surface area contributed by atoms with Gasteiger partial charge in [-0.25, -0.2) is 0 Å². The number of likely N-dealkylation sites (tertiary alicyclic amines) is 2. The molecule has 2 aliphatic heterocycles. The molecule has 1 aromatic rings. The maximum absolute atomic E-state index is 12.3. The third-order valence-corrected chi connectivity index (χ3v) is 4.71. The molecule has 0 aliphatic carbocycles. The molecular formula is C17H21N3O2. The lowest BCUT2D eigenvalue weighted by atomic mass is 9.90. The van der Waals surface area contributed by atoms with E-state index in [1.54, 1.807) is 12.0 Å². The van der Waals surface area contributed by atoms with Crippen LogP contribution in [-0.2, 0) is 4.79 Å². The fourth-order valence-electron chi connectivity index (χ4n) is 3.24. The van der Waals surface area contributed by atoms with Crippen molar-refractivity contribution < 1.29 is 9.53 Å². The molecule has 3 rings (SSSR count). The van der Waals surface area contributed by atoms with Gasteiger partial charge in [-0.15, -0.1) is 0 Å². The number of carbonyl (C=O) groups is 1. The quantitative estimate of drug-likeness (QED) is 0.796. The molecule has 22 heavy (non-hydrogen) atoms. The average molecular weight is 299 g/mol. The summed E-state index contributed by atoms with van der Waals surface area (Å²) < 4.78 is 5.16. The highest BCUT2D eigenvalue weighted by atomic mass is 16.5. The molecule has 5 heteroatoms. The van der Waals surface area contributed by atoms with Crippen molar-refractivity contribution in [2.45, 2.75) is 18.8 Å². The number of hydrogen-bond acceptors (Lipinski definition) is 4. The second-order valence-electron chi connectivity index (χ2n) is 6.17. The van der Waals surface area contributed by atoms with Crippen LogP contribution in [0, 0.1) is 17.4 Å². The lowest BCUT2D eigenvalue weighted by Gasteiger charge is -2.40. The number of amides is 1. The second kappa shape index (κ2) is 6.27. The predicted molar refractivity (Wildman–Crippen MR) is 82.2 cm³/mol. The lowest BCUT2D eigenvalue weighted by molar-refractivity contribution is -0.136. The largest absolute Gasteiger partial charge is 0.497 e. The molecule has 0 aromatic heterocycles. The van der Waals surface area contributed by atoms with Gasteiger partial charge in [-0.1, -0.05) is 12.1 Å². The molecule has 5 nitrogen and oxygen atoms in total. The Bertz CT molecular complexity index is 573. The van der Waals surface area contributed by atoms with E-state index in [4.69, 9.17) is 10.00 Å². The molecule has 2 saturated heterocycles. The van der Waals surface area contributed by atoms with Gasteiger partial charge in [0, 0.05) is 38.5 Å². The van der Waals surface area contributed by atoms with Crippen molar-refractivity contribution in [1.82, 2.24) is 9.80 Å². The number of nitrogens with zero attached hydrogens (tertiary/aromatic N) is 3. The fourth-order valence-corrected chi connectivity index (χ4v) is 3.24. The highest BCUT2D eigenvalue weighted by molar-refractivity contribution is 5.77. The zero-order valence-electron chi connectivity index (χ0n) is 12.9. The van der Waals surface area contributed by atoms with Crippen molar-refractivity contribution >= 4 is 5.91 Å². The molecule has 1 amide bonds. The van der Waals surface area contributed by atoms with E-state index in [0.717, 1.165) is 38.3 Å². The summed E-state index contributed by atoms with van der Waals surface area (Å²) in [5.41, 5.74) is 1.27. The molecule has 1 aromatic carbocycles. The topological polar surface area (TPSA) is 56.6 Å².